The summed E-state index contributed by atoms with van der Waals surface area (Å²) in [5.74, 6) is 0.728. The van der Waals surface area contributed by atoms with Crippen LogP contribution in [0.5, 0.6) is 5.75 Å². The van der Waals surface area contributed by atoms with E-state index < -0.39 is 0 Å². The van der Waals surface area contributed by atoms with Crippen molar-refractivity contribution < 1.29 is 9.53 Å². The van der Waals surface area contributed by atoms with Crippen LogP contribution in [-0.4, -0.2) is 25.5 Å². The second-order valence-corrected chi connectivity index (χ2v) is 5.55. The summed E-state index contributed by atoms with van der Waals surface area (Å²) < 4.78 is 5.68. The normalized spacial score (nSPS) is 15.2. The molecule has 0 bridgehead atoms. The number of carbonyl (C=O) groups excluding carboxylic acids is 1. The number of benzene rings is 2. The zero-order valence-electron chi connectivity index (χ0n) is 13.6. The van der Waals surface area contributed by atoms with Gasteiger partial charge in [-0.3, -0.25) is 4.79 Å². The Labute approximate surface area is 137 Å². The minimum atomic E-state index is 0.0552. The first kappa shape index (κ1) is 15.3. The summed E-state index contributed by atoms with van der Waals surface area (Å²) in [5, 5.41) is 0. The molecule has 3 rings (SSSR count). The highest BCUT2D eigenvalue weighted by molar-refractivity contribution is 6.14. The monoisotopic (exact) mass is 307 g/mol. The first-order valence-corrected chi connectivity index (χ1v) is 8.05. The molecular formula is C20H21NO2. The van der Waals surface area contributed by atoms with Gasteiger partial charge in [0.2, 0.25) is 0 Å². The van der Waals surface area contributed by atoms with Crippen molar-refractivity contribution in [3.63, 3.8) is 0 Å². The van der Waals surface area contributed by atoms with E-state index in [1.54, 1.807) is 0 Å². The lowest BCUT2D eigenvalue weighted by atomic mass is 9.98. The molecule has 1 aliphatic heterocycles. The van der Waals surface area contributed by atoms with Gasteiger partial charge in [-0.1, -0.05) is 24.3 Å². The molecular weight excluding hydrogens is 286 g/mol. The zero-order valence-corrected chi connectivity index (χ0v) is 13.6. The third-order valence-corrected chi connectivity index (χ3v) is 4.17. The van der Waals surface area contributed by atoms with E-state index in [0.717, 1.165) is 18.7 Å². The van der Waals surface area contributed by atoms with Crippen LogP contribution in [0.2, 0.25) is 0 Å². The first-order valence-electron chi connectivity index (χ1n) is 8.05. The average molecular weight is 307 g/mol. The summed E-state index contributed by atoms with van der Waals surface area (Å²) in [6, 6.07) is 15.7. The highest BCUT2D eigenvalue weighted by Gasteiger charge is 2.22. The first-order chi connectivity index (χ1) is 11.2. The van der Waals surface area contributed by atoms with Gasteiger partial charge in [0.1, 0.15) is 12.4 Å². The topological polar surface area (TPSA) is 29.5 Å². The van der Waals surface area contributed by atoms with Crippen LogP contribution in [0.25, 0.3) is 6.08 Å². The van der Waals surface area contributed by atoms with Gasteiger partial charge >= 0.3 is 0 Å². The summed E-state index contributed by atoms with van der Waals surface area (Å²) in [5.41, 5.74) is 3.56. The molecule has 0 aliphatic carbocycles. The lowest BCUT2D eigenvalue weighted by Gasteiger charge is -2.21. The Morgan fingerprint density at radius 2 is 1.74 bits per heavy atom. The van der Waals surface area contributed by atoms with Crippen LogP contribution >= 0.6 is 0 Å². The number of hydrogen-bond donors (Lipinski definition) is 0. The molecule has 0 spiro atoms. The lowest BCUT2D eigenvalue weighted by molar-refractivity contribution is 0.100. The Morgan fingerprint density at radius 3 is 2.43 bits per heavy atom. The van der Waals surface area contributed by atoms with Crippen molar-refractivity contribution in [1.82, 2.24) is 0 Å². The molecule has 0 aromatic heterocycles. The molecule has 2 aromatic carbocycles. The third kappa shape index (κ3) is 3.14. The predicted molar refractivity (Wildman–Crippen MR) is 94.2 cm³/mol. The van der Waals surface area contributed by atoms with Crippen LogP contribution in [0.4, 0.5) is 5.69 Å². The van der Waals surface area contributed by atoms with Gasteiger partial charge in [0.15, 0.2) is 5.78 Å². The van der Waals surface area contributed by atoms with Crippen molar-refractivity contribution in [1.29, 1.82) is 0 Å². The van der Waals surface area contributed by atoms with E-state index in [4.69, 9.17) is 4.74 Å². The van der Waals surface area contributed by atoms with Gasteiger partial charge in [-0.25, -0.2) is 0 Å². The van der Waals surface area contributed by atoms with Crippen molar-refractivity contribution in [2.24, 2.45) is 0 Å². The molecule has 118 valence electrons. The SMILES string of the molecule is CCN(CC)c1ccc(/C=C2\COc3ccccc3C2=O)cc1. The van der Waals surface area contributed by atoms with Gasteiger partial charge < -0.3 is 9.64 Å². The van der Waals surface area contributed by atoms with Gasteiger partial charge in [-0.2, -0.15) is 0 Å². The summed E-state index contributed by atoms with van der Waals surface area (Å²) >= 11 is 0. The van der Waals surface area contributed by atoms with Gasteiger partial charge in [-0.15, -0.1) is 0 Å². The number of rotatable bonds is 4. The van der Waals surface area contributed by atoms with Gasteiger partial charge in [-0.05, 0) is 49.8 Å². The number of para-hydroxylation sites is 1. The molecule has 0 atom stereocenters. The van der Waals surface area contributed by atoms with Crippen LogP contribution in [0.1, 0.15) is 29.8 Å². The molecule has 0 amide bonds. The number of carbonyl (C=O) groups is 1. The van der Waals surface area contributed by atoms with E-state index in [0.29, 0.717) is 23.5 Å². The number of nitrogens with zero attached hydrogens (tertiary/aromatic N) is 1. The summed E-state index contributed by atoms with van der Waals surface area (Å²) in [7, 11) is 0. The summed E-state index contributed by atoms with van der Waals surface area (Å²) in [6.07, 6.45) is 1.92. The lowest BCUT2D eigenvalue weighted by Crippen LogP contribution is -2.21. The number of fused-ring (bicyclic) bond motifs is 1. The quantitative estimate of drug-likeness (QED) is 0.793. The molecule has 1 heterocycles. The molecule has 23 heavy (non-hydrogen) atoms. The molecule has 3 nitrogen and oxygen atoms in total. The van der Waals surface area contributed by atoms with Crippen molar-refractivity contribution in [2.45, 2.75) is 13.8 Å². The van der Waals surface area contributed by atoms with Gasteiger partial charge in [0.25, 0.3) is 0 Å². The van der Waals surface area contributed by atoms with Crippen molar-refractivity contribution in [2.75, 3.05) is 24.6 Å². The van der Waals surface area contributed by atoms with Crippen LogP contribution in [-0.2, 0) is 0 Å². The Hall–Kier alpha value is -2.55. The molecule has 0 radical (unpaired) electrons. The third-order valence-electron chi connectivity index (χ3n) is 4.17. The molecule has 0 saturated heterocycles. The summed E-state index contributed by atoms with van der Waals surface area (Å²) in [4.78, 5) is 14.8. The predicted octanol–water partition coefficient (Wildman–Crippen LogP) is 4.19. The minimum Gasteiger partial charge on any atom is -0.488 e. The van der Waals surface area contributed by atoms with Crippen molar-refractivity contribution >= 4 is 17.5 Å². The minimum absolute atomic E-state index is 0.0552. The van der Waals surface area contributed by atoms with Crippen molar-refractivity contribution in [3.8, 4) is 5.75 Å². The number of ketones is 1. The Morgan fingerprint density at radius 1 is 1.04 bits per heavy atom. The number of ether oxygens (including phenoxy) is 1. The van der Waals surface area contributed by atoms with Crippen LogP contribution in [0.3, 0.4) is 0 Å². The smallest absolute Gasteiger partial charge is 0.196 e. The molecule has 0 saturated carbocycles. The van der Waals surface area contributed by atoms with Gasteiger partial charge in [0.05, 0.1) is 5.56 Å². The Bertz CT molecular complexity index is 728. The highest BCUT2D eigenvalue weighted by atomic mass is 16.5. The van der Waals surface area contributed by atoms with E-state index in [-0.39, 0.29) is 5.78 Å². The average Bonchev–Trinajstić information content (AvgIpc) is 2.60. The van der Waals surface area contributed by atoms with Gasteiger partial charge in [0, 0.05) is 24.4 Å². The fourth-order valence-corrected chi connectivity index (χ4v) is 2.85. The summed E-state index contributed by atoms with van der Waals surface area (Å²) in [6.45, 7) is 6.59. The van der Waals surface area contributed by atoms with Crippen LogP contribution in [0.15, 0.2) is 54.1 Å². The fraction of sp³-hybridized carbons (Fsp3) is 0.250. The van der Waals surface area contributed by atoms with E-state index in [1.165, 1.54) is 5.69 Å². The maximum absolute atomic E-state index is 12.5. The Balaban J connectivity index is 1.84. The number of hydrogen-bond acceptors (Lipinski definition) is 3. The maximum atomic E-state index is 12.5. The largest absolute Gasteiger partial charge is 0.488 e. The van der Waals surface area contributed by atoms with E-state index in [9.17, 15) is 4.79 Å². The van der Waals surface area contributed by atoms with Crippen LogP contribution in [0, 0.1) is 0 Å². The molecule has 0 fully saturated rings. The second kappa shape index (κ2) is 6.69. The molecule has 1 aliphatic rings. The molecule has 3 heteroatoms. The van der Waals surface area contributed by atoms with E-state index >= 15 is 0 Å². The number of Topliss-reactive ketones (excluding diaryl/α,β-unsaturated/α-hetero) is 1. The number of anilines is 1. The van der Waals surface area contributed by atoms with E-state index in [2.05, 4.69) is 43.0 Å². The molecule has 2 aromatic rings. The molecule has 0 N–H and O–H groups in total. The standard InChI is InChI=1S/C20H21NO2/c1-3-21(4-2)17-11-9-15(10-12-17)13-16-14-23-19-8-6-5-7-18(19)20(16)22/h5-13H,3-4,14H2,1-2H3/b16-13+. The zero-order chi connectivity index (χ0) is 16.2. The maximum Gasteiger partial charge on any atom is 0.196 e. The Kier molecular flexibility index (Phi) is 4.47. The van der Waals surface area contributed by atoms with Crippen LogP contribution < -0.4 is 9.64 Å². The van der Waals surface area contributed by atoms with E-state index in [1.807, 2.05) is 30.3 Å². The molecule has 0 unspecified atom stereocenters. The highest BCUT2D eigenvalue weighted by Crippen LogP contribution is 2.27. The second-order valence-electron chi connectivity index (χ2n) is 5.55. The van der Waals surface area contributed by atoms with Crippen molar-refractivity contribution in [3.05, 3.63) is 65.2 Å². The fourth-order valence-electron chi connectivity index (χ4n) is 2.85.